The maximum Gasteiger partial charge on any atom is 0.168 e. The van der Waals surface area contributed by atoms with Crippen molar-refractivity contribution in [2.24, 2.45) is 5.84 Å². The number of benzene rings is 1. The Balaban J connectivity index is 1.68. The molecule has 5 N–H and O–H groups in total. The molecule has 2 heterocycles. The standard InChI is InChI=1S/C15H21N7O/c1-23-12-4-2-11(3-5-12)21-6-8-22(9-7-21)15-13(16)14(20-17)18-10-19-15/h2-5,10H,6-9,16-17H2,1H3,(H,18,19,20). The molecule has 0 bridgehead atoms. The number of methoxy groups -OCH3 is 1. The van der Waals surface area contributed by atoms with Crippen molar-refractivity contribution in [2.45, 2.75) is 0 Å². The van der Waals surface area contributed by atoms with Crippen LogP contribution in [0.15, 0.2) is 30.6 Å². The number of rotatable bonds is 4. The van der Waals surface area contributed by atoms with Crippen molar-refractivity contribution < 1.29 is 4.74 Å². The topological polar surface area (TPSA) is 106 Å². The normalized spacial score (nSPS) is 14.7. The molecule has 1 fully saturated rings. The fraction of sp³-hybridized carbons (Fsp3) is 0.333. The van der Waals surface area contributed by atoms with Crippen molar-refractivity contribution in [1.82, 2.24) is 9.97 Å². The van der Waals surface area contributed by atoms with Gasteiger partial charge in [0.15, 0.2) is 11.6 Å². The molecule has 1 saturated heterocycles. The lowest BCUT2D eigenvalue weighted by molar-refractivity contribution is 0.415. The van der Waals surface area contributed by atoms with Crippen LogP contribution in [-0.4, -0.2) is 43.3 Å². The highest BCUT2D eigenvalue weighted by atomic mass is 16.5. The highest BCUT2D eigenvalue weighted by molar-refractivity contribution is 5.74. The van der Waals surface area contributed by atoms with Gasteiger partial charge in [-0.2, -0.15) is 0 Å². The van der Waals surface area contributed by atoms with E-state index < -0.39 is 0 Å². The molecule has 122 valence electrons. The Bertz CT molecular complexity index is 653. The molecule has 0 atom stereocenters. The van der Waals surface area contributed by atoms with Crippen LogP contribution in [0.4, 0.5) is 23.0 Å². The summed E-state index contributed by atoms with van der Waals surface area (Å²) in [6.45, 7) is 3.44. The summed E-state index contributed by atoms with van der Waals surface area (Å²) in [4.78, 5) is 12.8. The molecule has 0 aliphatic carbocycles. The average Bonchev–Trinajstić information content (AvgIpc) is 2.62. The predicted molar refractivity (Wildman–Crippen MR) is 91.7 cm³/mol. The van der Waals surface area contributed by atoms with Gasteiger partial charge in [0.05, 0.1) is 7.11 Å². The molecular formula is C15H21N7O. The number of piperazine rings is 1. The lowest BCUT2D eigenvalue weighted by Gasteiger charge is -2.37. The summed E-state index contributed by atoms with van der Waals surface area (Å²) in [6, 6.07) is 8.10. The summed E-state index contributed by atoms with van der Waals surface area (Å²) >= 11 is 0. The number of anilines is 4. The number of hydrogen-bond acceptors (Lipinski definition) is 8. The van der Waals surface area contributed by atoms with Crippen LogP contribution < -0.4 is 31.5 Å². The molecule has 0 spiro atoms. The summed E-state index contributed by atoms with van der Waals surface area (Å²) < 4.78 is 5.20. The second-order valence-electron chi connectivity index (χ2n) is 5.28. The van der Waals surface area contributed by atoms with Gasteiger partial charge < -0.3 is 25.7 Å². The lowest BCUT2D eigenvalue weighted by atomic mass is 10.2. The largest absolute Gasteiger partial charge is 0.497 e. The molecule has 1 aliphatic rings. The molecule has 0 unspecified atom stereocenters. The molecule has 8 heteroatoms. The number of ether oxygens (including phenoxy) is 1. The maximum absolute atomic E-state index is 6.07. The Labute approximate surface area is 135 Å². The number of nitrogens with one attached hydrogen (secondary N) is 1. The van der Waals surface area contributed by atoms with Crippen LogP contribution >= 0.6 is 0 Å². The van der Waals surface area contributed by atoms with Crippen molar-refractivity contribution in [3.8, 4) is 5.75 Å². The van der Waals surface area contributed by atoms with Gasteiger partial charge in [0.1, 0.15) is 17.8 Å². The van der Waals surface area contributed by atoms with E-state index in [1.165, 1.54) is 12.0 Å². The van der Waals surface area contributed by atoms with Crippen molar-refractivity contribution >= 4 is 23.0 Å². The first-order valence-corrected chi connectivity index (χ1v) is 7.44. The first-order valence-electron chi connectivity index (χ1n) is 7.44. The maximum atomic E-state index is 6.07. The zero-order valence-corrected chi connectivity index (χ0v) is 13.1. The minimum absolute atomic E-state index is 0.451. The Hall–Kier alpha value is -2.74. The molecule has 2 aromatic rings. The molecular weight excluding hydrogens is 294 g/mol. The molecule has 0 radical (unpaired) electrons. The first kappa shape index (κ1) is 15.2. The Morgan fingerprint density at radius 1 is 1.04 bits per heavy atom. The van der Waals surface area contributed by atoms with Gasteiger partial charge in [-0.1, -0.05) is 0 Å². The smallest absolute Gasteiger partial charge is 0.168 e. The number of hydrazine groups is 1. The number of nitrogens with zero attached hydrogens (tertiary/aromatic N) is 4. The monoisotopic (exact) mass is 315 g/mol. The Morgan fingerprint density at radius 2 is 1.70 bits per heavy atom. The Morgan fingerprint density at radius 3 is 2.30 bits per heavy atom. The van der Waals surface area contributed by atoms with E-state index in [1.54, 1.807) is 7.11 Å². The van der Waals surface area contributed by atoms with Crippen LogP contribution in [0.3, 0.4) is 0 Å². The van der Waals surface area contributed by atoms with E-state index in [0.717, 1.165) is 37.7 Å². The fourth-order valence-electron chi connectivity index (χ4n) is 2.72. The zero-order valence-electron chi connectivity index (χ0n) is 13.1. The van der Waals surface area contributed by atoms with Gasteiger partial charge in [-0.3, -0.25) is 0 Å². The molecule has 1 aromatic carbocycles. The van der Waals surface area contributed by atoms with Gasteiger partial charge in [0, 0.05) is 31.9 Å². The number of aromatic nitrogens is 2. The fourth-order valence-corrected chi connectivity index (χ4v) is 2.72. The van der Waals surface area contributed by atoms with Crippen LogP contribution in [0.5, 0.6) is 5.75 Å². The van der Waals surface area contributed by atoms with Crippen LogP contribution in [0, 0.1) is 0 Å². The molecule has 3 rings (SSSR count). The van der Waals surface area contributed by atoms with E-state index in [2.05, 4.69) is 37.3 Å². The summed E-state index contributed by atoms with van der Waals surface area (Å²) in [5.41, 5.74) is 10.2. The van der Waals surface area contributed by atoms with E-state index in [9.17, 15) is 0 Å². The van der Waals surface area contributed by atoms with Gasteiger partial charge in [-0.05, 0) is 24.3 Å². The minimum Gasteiger partial charge on any atom is -0.497 e. The van der Waals surface area contributed by atoms with Crippen molar-refractivity contribution in [3.63, 3.8) is 0 Å². The third-order valence-corrected chi connectivity index (χ3v) is 4.02. The highest BCUT2D eigenvalue weighted by Gasteiger charge is 2.21. The summed E-state index contributed by atoms with van der Waals surface area (Å²) in [5, 5.41) is 0. The van der Waals surface area contributed by atoms with Gasteiger partial charge in [-0.15, -0.1) is 0 Å². The average molecular weight is 315 g/mol. The molecule has 1 aromatic heterocycles. The van der Waals surface area contributed by atoms with Crippen molar-refractivity contribution in [2.75, 3.05) is 54.2 Å². The Kier molecular flexibility index (Phi) is 4.33. The van der Waals surface area contributed by atoms with E-state index >= 15 is 0 Å². The molecule has 1 aliphatic heterocycles. The van der Waals surface area contributed by atoms with Crippen LogP contribution in [0.2, 0.25) is 0 Å². The molecule has 23 heavy (non-hydrogen) atoms. The SMILES string of the molecule is COc1ccc(N2CCN(c3ncnc(NN)c3N)CC2)cc1. The van der Waals surface area contributed by atoms with E-state index in [1.807, 2.05) is 12.1 Å². The van der Waals surface area contributed by atoms with Crippen molar-refractivity contribution in [3.05, 3.63) is 30.6 Å². The lowest BCUT2D eigenvalue weighted by Crippen LogP contribution is -2.47. The molecule has 0 saturated carbocycles. The van der Waals surface area contributed by atoms with Gasteiger partial charge in [0.25, 0.3) is 0 Å². The van der Waals surface area contributed by atoms with E-state index in [-0.39, 0.29) is 0 Å². The quantitative estimate of drug-likeness (QED) is 0.559. The number of nitrogens with two attached hydrogens (primary N) is 2. The second-order valence-corrected chi connectivity index (χ2v) is 5.28. The summed E-state index contributed by atoms with van der Waals surface area (Å²) in [6.07, 6.45) is 1.47. The van der Waals surface area contributed by atoms with Crippen LogP contribution in [0.25, 0.3) is 0 Å². The van der Waals surface area contributed by atoms with Crippen molar-refractivity contribution in [1.29, 1.82) is 0 Å². The molecule has 8 nitrogen and oxygen atoms in total. The minimum atomic E-state index is 0.451. The van der Waals surface area contributed by atoms with Gasteiger partial charge in [-0.25, -0.2) is 15.8 Å². The second kappa shape index (κ2) is 6.57. The summed E-state index contributed by atoms with van der Waals surface area (Å²) in [7, 11) is 1.67. The van der Waals surface area contributed by atoms with Crippen LogP contribution in [-0.2, 0) is 0 Å². The number of nitrogen functional groups attached to an aromatic ring is 2. The third kappa shape index (κ3) is 3.07. The zero-order chi connectivity index (χ0) is 16.2. The van der Waals surface area contributed by atoms with Gasteiger partial charge >= 0.3 is 0 Å². The highest BCUT2D eigenvalue weighted by Crippen LogP contribution is 2.27. The van der Waals surface area contributed by atoms with Gasteiger partial charge in [0.2, 0.25) is 0 Å². The predicted octanol–water partition coefficient (Wildman–Crippen LogP) is 0.680. The molecule has 0 amide bonds. The first-order chi connectivity index (χ1) is 11.2. The third-order valence-electron chi connectivity index (χ3n) is 4.02. The summed E-state index contributed by atoms with van der Waals surface area (Å²) in [5.74, 6) is 7.45. The number of hydrogen-bond donors (Lipinski definition) is 3. The van der Waals surface area contributed by atoms with E-state index in [4.69, 9.17) is 16.3 Å². The van der Waals surface area contributed by atoms with E-state index in [0.29, 0.717) is 11.5 Å². The van der Waals surface area contributed by atoms with Crippen LogP contribution in [0.1, 0.15) is 0 Å².